The van der Waals surface area contributed by atoms with Gasteiger partial charge in [-0.3, -0.25) is 4.79 Å². The number of piperazine rings is 1. The molecule has 1 saturated heterocycles. The largest absolute Gasteiger partial charge is 0.368 e. The number of hydrogen-bond donors (Lipinski definition) is 2. The number of benzene rings is 1. The number of urea groups is 1. The predicted molar refractivity (Wildman–Crippen MR) is 91.6 cm³/mol. The number of hydrogen-bond acceptors (Lipinski definition) is 3. The van der Waals surface area contributed by atoms with Crippen LogP contribution in [-0.4, -0.2) is 49.1 Å². The first-order chi connectivity index (χ1) is 10.9. The van der Waals surface area contributed by atoms with Crippen LogP contribution in [0.4, 0.5) is 10.5 Å². The lowest BCUT2D eigenvalue weighted by Gasteiger charge is -2.38. The first-order valence-electron chi connectivity index (χ1n) is 7.73. The third-order valence-corrected chi connectivity index (χ3v) is 4.23. The Morgan fingerprint density at radius 1 is 1.22 bits per heavy atom. The first kappa shape index (κ1) is 17.4. The van der Waals surface area contributed by atoms with Gasteiger partial charge in [-0.1, -0.05) is 31.5 Å². The highest BCUT2D eigenvalue weighted by Gasteiger charge is 2.30. The van der Waals surface area contributed by atoms with E-state index in [2.05, 4.69) is 10.2 Å². The summed E-state index contributed by atoms with van der Waals surface area (Å²) in [5, 5.41) is 3.24. The molecule has 0 aliphatic carbocycles. The van der Waals surface area contributed by atoms with E-state index in [9.17, 15) is 9.59 Å². The predicted octanol–water partition coefficient (Wildman–Crippen LogP) is 1.68. The lowest BCUT2D eigenvalue weighted by atomic mass is 10.0. The summed E-state index contributed by atoms with van der Waals surface area (Å²) in [6.45, 7) is 6.45. The zero-order chi connectivity index (χ0) is 17.0. The quantitative estimate of drug-likeness (QED) is 0.876. The summed E-state index contributed by atoms with van der Waals surface area (Å²) in [7, 11) is 0. The third kappa shape index (κ3) is 4.51. The van der Waals surface area contributed by atoms with E-state index >= 15 is 0 Å². The number of nitrogens with two attached hydrogens (primary N) is 1. The molecule has 1 aromatic rings. The van der Waals surface area contributed by atoms with Crippen LogP contribution in [0.15, 0.2) is 24.3 Å². The maximum Gasteiger partial charge on any atom is 0.312 e. The van der Waals surface area contributed by atoms with E-state index in [-0.39, 0.29) is 11.8 Å². The lowest BCUT2D eigenvalue weighted by Crippen LogP contribution is -2.57. The summed E-state index contributed by atoms with van der Waals surface area (Å²) < 4.78 is 0. The molecule has 0 aromatic heterocycles. The minimum Gasteiger partial charge on any atom is -0.368 e. The summed E-state index contributed by atoms with van der Waals surface area (Å²) in [4.78, 5) is 27.7. The molecule has 0 saturated carbocycles. The fraction of sp³-hybridized carbons (Fsp3) is 0.500. The molecule has 1 fully saturated rings. The van der Waals surface area contributed by atoms with Gasteiger partial charge in [-0.2, -0.15) is 0 Å². The zero-order valence-corrected chi connectivity index (χ0v) is 14.2. The molecule has 7 heteroatoms. The van der Waals surface area contributed by atoms with Crippen LogP contribution in [-0.2, 0) is 4.79 Å². The van der Waals surface area contributed by atoms with Crippen molar-refractivity contribution in [3.63, 3.8) is 0 Å². The molecule has 0 spiro atoms. The normalized spacial score (nSPS) is 16.3. The molecular weight excluding hydrogens is 316 g/mol. The number of amides is 3. The Morgan fingerprint density at radius 2 is 1.87 bits per heavy atom. The van der Waals surface area contributed by atoms with Crippen LogP contribution in [0.5, 0.6) is 0 Å². The Labute approximate surface area is 141 Å². The van der Waals surface area contributed by atoms with Crippen LogP contribution in [0.3, 0.4) is 0 Å². The first-order valence-corrected chi connectivity index (χ1v) is 8.11. The van der Waals surface area contributed by atoms with Crippen LogP contribution < -0.4 is 16.0 Å². The second kappa shape index (κ2) is 7.55. The SMILES string of the molecule is CC(C)[C@@H](NC(N)=O)C(=O)N1CCN(c2cccc(Cl)c2)CC1. The van der Waals surface area contributed by atoms with Gasteiger partial charge >= 0.3 is 6.03 Å². The van der Waals surface area contributed by atoms with Crippen molar-refractivity contribution in [1.82, 2.24) is 10.2 Å². The summed E-state index contributed by atoms with van der Waals surface area (Å²) in [6.07, 6.45) is 0. The van der Waals surface area contributed by atoms with Gasteiger partial charge < -0.3 is 20.9 Å². The Kier molecular flexibility index (Phi) is 5.71. The Balaban J connectivity index is 1.97. The van der Waals surface area contributed by atoms with Crippen LogP contribution >= 0.6 is 11.6 Å². The van der Waals surface area contributed by atoms with Crippen LogP contribution in [0.2, 0.25) is 5.02 Å². The molecule has 126 valence electrons. The lowest BCUT2D eigenvalue weighted by molar-refractivity contribution is -0.134. The van der Waals surface area contributed by atoms with Crippen molar-refractivity contribution >= 4 is 29.2 Å². The number of anilines is 1. The monoisotopic (exact) mass is 338 g/mol. The minimum absolute atomic E-state index is 0.0130. The van der Waals surface area contributed by atoms with Crippen molar-refractivity contribution in [2.45, 2.75) is 19.9 Å². The van der Waals surface area contributed by atoms with Gasteiger partial charge in [-0.15, -0.1) is 0 Å². The molecule has 6 nitrogen and oxygen atoms in total. The van der Waals surface area contributed by atoms with Gasteiger partial charge in [0.05, 0.1) is 0 Å². The molecule has 0 bridgehead atoms. The summed E-state index contributed by atoms with van der Waals surface area (Å²) in [5.41, 5.74) is 6.22. The van der Waals surface area contributed by atoms with E-state index in [4.69, 9.17) is 17.3 Å². The highest BCUT2D eigenvalue weighted by atomic mass is 35.5. The van der Waals surface area contributed by atoms with Gasteiger partial charge in [0, 0.05) is 36.9 Å². The van der Waals surface area contributed by atoms with Crippen molar-refractivity contribution in [2.24, 2.45) is 11.7 Å². The average molecular weight is 339 g/mol. The highest BCUT2D eigenvalue weighted by molar-refractivity contribution is 6.30. The molecule has 3 amide bonds. The maximum absolute atomic E-state index is 12.6. The molecule has 1 heterocycles. The Morgan fingerprint density at radius 3 is 2.39 bits per heavy atom. The minimum atomic E-state index is -0.672. The van der Waals surface area contributed by atoms with Gasteiger partial charge in [-0.25, -0.2) is 4.79 Å². The number of halogens is 1. The molecule has 0 unspecified atom stereocenters. The van der Waals surface area contributed by atoms with Gasteiger partial charge in [-0.05, 0) is 24.1 Å². The fourth-order valence-corrected chi connectivity index (χ4v) is 2.91. The van der Waals surface area contributed by atoms with Crippen molar-refractivity contribution in [2.75, 3.05) is 31.1 Å². The number of primary amides is 1. The summed E-state index contributed by atoms with van der Waals surface area (Å²) in [5.74, 6) is -0.0921. The molecule has 23 heavy (non-hydrogen) atoms. The summed E-state index contributed by atoms with van der Waals surface area (Å²) in [6, 6.07) is 6.44. The molecular formula is C16H23ClN4O2. The van der Waals surface area contributed by atoms with Crippen molar-refractivity contribution < 1.29 is 9.59 Å². The zero-order valence-electron chi connectivity index (χ0n) is 13.5. The van der Waals surface area contributed by atoms with Crippen LogP contribution in [0, 0.1) is 5.92 Å². The average Bonchev–Trinajstić information content (AvgIpc) is 2.52. The van der Waals surface area contributed by atoms with E-state index < -0.39 is 12.1 Å². The number of carbonyl (C=O) groups is 2. The second-order valence-corrected chi connectivity index (χ2v) is 6.46. The summed E-state index contributed by atoms with van der Waals surface area (Å²) >= 11 is 6.02. The van der Waals surface area contributed by atoms with Crippen LogP contribution in [0.1, 0.15) is 13.8 Å². The molecule has 1 aliphatic heterocycles. The van der Waals surface area contributed by atoms with E-state index in [1.54, 1.807) is 4.90 Å². The fourth-order valence-electron chi connectivity index (χ4n) is 2.72. The van der Waals surface area contributed by atoms with Crippen molar-refractivity contribution in [1.29, 1.82) is 0 Å². The number of nitrogens with one attached hydrogen (secondary N) is 1. The number of nitrogens with zero attached hydrogens (tertiary/aromatic N) is 2. The van der Waals surface area contributed by atoms with Crippen molar-refractivity contribution in [3.8, 4) is 0 Å². The van der Waals surface area contributed by atoms with Gasteiger partial charge in [0.25, 0.3) is 0 Å². The molecule has 1 aliphatic rings. The molecule has 3 N–H and O–H groups in total. The van der Waals surface area contributed by atoms with Gasteiger partial charge in [0.1, 0.15) is 6.04 Å². The van der Waals surface area contributed by atoms with Gasteiger partial charge in [0.15, 0.2) is 0 Å². The van der Waals surface area contributed by atoms with Crippen LogP contribution in [0.25, 0.3) is 0 Å². The smallest absolute Gasteiger partial charge is 0.312 e. The van der Waals surface area contributed by atoms with E-state index in [0.717, 1.165) is 18.8 Å². The molecule has 2 rings (SSSR count). The second-order valence-electron chi connectivity index (χ2n) is 6.02. The van der Waals surface area contributed by atoms with Crippen molar-refractivity contribution in [3.05, 3.63) is 29.3 Å². The van der Waals surface area contributed by atoms with Gasteiger partial charge in [0.2, 0.25) is 5.91 Å². The Hall–Kier alpha value is -1.95. The standard InChI is InChI=1S/C16H23ClN4O2/c1-11(2)14(19-16(18)23)15(22)21-8-6-20(7-9-21)13-5-3-4-12(17)10-13/h3-5,10-11,14H,6-9H2,1-2H3,(H3,18,19,23)/t14-/m1/s1. The topological polar surface area (TPSA) is 78.7 Å². The highest BCUT2D eigenvalue weighted by Crippen LogP contribution is 2.21. The number of rotatable bonds is 4. The maximum atomic E-state index is 12.6. The van der Waals surface area contributed by atoms with E-state index in [1.807, 2.05) is 38.1 Å². The number of carbonyl (C=O) groups excluding carboxylic acids is 2. The Bertz CT molecular complexity index is 571. The van der Waals surface area contributed by atoms with E-state index in [0.29, 0.717) is 18.1 Å². The molecule has 0 radical (unpaired) electrons. The third-order valence-electron chi connectivity index (χ3n) is 4.00. The van der Waals surface area contributed by atoms with E-state index in [1.165, 1.54) is 0 Å². The molecule has 1 atom stereocenters. The molecule has 1 aromatic carbocycles.